The van der Waals surface area contributed by atoms with Crippen LogP contribution in [0, 0.1) is 13.8 Å². The molecule has 0 atom stereocenters. The molecule has 1 heterocycles. The van der Waals surface area contributed by atoms with E-state index in [1.807, 2.05) is 33.9 Å². The highest BCUT2D eigenvalue weighted by Gasteiger charge is 2.08. The van der Waals surface area contributed by atoms with E-state index in [-0.39, 0.29) is 6.61 Å². The molecule has 0 aliphatic rings. The van der Waals surface area contributed by atoms with Crippen molar-refractivity contribution in [2.45, 2.75) is 55.0 Å². The SMILES string of the molecule is C=CC(=C\C=[NH+]CCSSCC[n+]1ccc(/C(C)=C/c2ccc(N(CC)CCO)cc2C)cc1)/C(C)=C/c1ccc(N(CC)CC)cc1C. The first kappa shape index (κ1) is 39.9. The molecule has 2 N–H and O–H groups in total. The number of aromatic nitrogens is 1. The Morgan fingerprint density at radius 3 is 2.00 bits per heavy atom. The van der Waals surface area contributed by atoms with Crippen LogP contribution >= 0.6 is 21.6 Å². The molecule has 0 fully saturated rings. The van der Waals surface area contributed by atoms with E-state index in [9.17, 15) is 5.11 Å². The number of anilines is 2. The van der Waals surface area contributed by atoms with Crippen LogP contribution in [0.5, 0.6) is 0 Å². The van der Waals surface area contributed by atoms with E-state index in [0.29, 0.717) is 6.54 Å². The van der Waals surface area contributed by atoms with Crippen molar-refractivity contribution in [3.05, 3.63) is 119 Å². The number of aryl methyl sites for hydroxylation is 3. The molecule has 0 aliphatic carbocycles. The van der Waals surface area contributed by atoms with Gasteiger partial charge >= 0.3 is 0 Å². The summed E-state index contributed by atoms with van der Waals surface area (Å²) in [5, 5.41) is 9.35. The molecule has 5 nitrogen and oxygen atoms in total. The minimum absolute atomic E-state index is 0.165. The highest BCUT2D eigenvalue weighted by molar-refractivity contribution is 8.76. The number of nitrogens with one attached hydrogen (secondary N) is 1. The zero-order valence-corrected chi connectivity index (χ0v) is 32.5. The van der Waals surface area contributed by atoms with Gasteiger partial charge in [-0.2, -0.15) is 0 Å². The molecule has 262 valence electrons. The lowest BCUT2D eigenvalue weighted by Gasteiger charge is -2.22. The molecular weight excluding hydrogens is 641 g/mol. The van der Waals surface area contributed by atoms with Crippen molar-refractivity contribution < 1.29 is 14.7 Å². The molecular formula is C42H58N4OS2+2. The Morgan fingerprint density at radius 2 is 1.43 bits per heavy atom. The fourth-order valence-electron chi connectivity index (χ4n) is 5.67. The molecule has 0 radical (unpaired) electrons. The highest BCUT2D eigenvalue weighted by atomic mass is 33.1. The predicted octanol–water partition coefficient (Wildman–Crippen LogP) is 7.56. The van der Waals surface area contributed by atoms with Crippen molar-refractivity contribution in [2.24, 2.45) is 0 Å². The molecule has 2 aromatic carbocycles. The summed E-state index contributed by atoms with van der Waals surface area (Å²) in [7, 11) is 3.83. The van der Waals surface area contributed by atoms with E-state index < -0.39 is 0 Å². The van der Waals surface area contributed by atoms with Gasteiger partial charge in [0.05, 0.1) is 18.1 Å². The molecule has 1 aromatic heterocycles. The lowest BCUT2D eigenvalue weighted by atomic mass is 10.0. The second-order valence-electron chi connectivity index (χ2n) is 12.1. The maximum Gasteiger partial charge on any atom is 0.169 e. The first-order valence-corrected chi connectivity index (χ1v) is 20.1. The normalized spacial score (nSPS) is 12.5. The van der Waals surface area contributed by atoms with Crippen molar-refractivity contribution in [3.63, 3.8) is 0 Å². The lowest BCUT2D eigenvalue weighted by molar-refractivity contribution is -0.692. The summed E-state index contributed by atoms with van der Waals surface area (Å²) >= 11 is 0. The second kappa shape index (κ2) is 21.5. The molecule has 0 spiro atoms. The van der Waals surface area contributed by atoms with Crippen LogP contribution in [0.25, 0.3) is 17.7 Å². The van der Waals surface area contributed by atoms with E-state index in [0.717, 1.165) is 55.5 Å². The van der Waals surface area contributed by atoms with Crippen molar-refractivity contribution in [1.29, 1.82) is 0 Å². The molecule has 7 heteroatoms. The van der Waals surface area contributed by atoms with Gasteiger partial charge in [0.15, 0.2) is 31.7 Å². The number of likely N-dealkylation sites (N-methyl/N-ethyl adjacent to an activating group) is 1. The molecule has 0 saturated heterocycles. The van der Waals surface area contributed by atoms with Crippen molar-refractivity contribution >= 4 is 56.9 Å². The standard InChI is InChI=1S/C42H57N4OS2/c1-9-37(33(5)29-39-13-15-41(31-35(39)7)45(10-2)11-3)17-20-43-21-27-48-49-28-25-44-22-18-38(19-23-44)34(6)30-40-14-16-42(32-36(40)8)46(12-4)24-26-47/h9,13-20,22-23,29-32,47H,1,10-12,21,24-28H2,2-8H3/q+1/p+1/b33-29+,37-17+,43-20?. The van der Waals surface area contributed by atoms with Crippen molar-refractivity contribution in [3.8, 4) is 0 Å². The number of benzene rings is 2. The predicted molar refractivity (Wildman–Crippen MR) is 220 cm³/mol. The van der Waals surface area contributed by atoms with Crippen molar-refractivity contribution in [2.75, 3.05) is 60.6 Å². The van der Waals surface area contributed by atoms with Crippen LogP contribution in [0.1, 0.15) is 62.4 Å². The summed E-state index contributed by atoms with van der Waals surface area (Å²) in [6, 6.07) is 17.7. The van der Waals surface area contributed by atoms with Gasteiger partial charge in [-0.05, 0) is 117 Å². The van der Waals surface area contributed by atoms with E-state index in [2.05, 4.69) is 154 Å². The summed E-state index contributed by atoms with van der Waals surface area (Å²) < 4.78 is 2.26. The molecule has 0 bridgehead atoms. The molecule has 0 amide bonds. The third-order valence-corrected chi connectivity index (χ3v) is 11.1. The first-order chi connectivity index (χ1) is 23.7. The van der Waals surface area contributed by atoms with Gasteiger partial charge in [0.1, 0.15) is 0 Å². The number of rotatable bonds is 20. The van der Waals surface area contributed by atoms with Gasteiger partial charge in [0.2, 0.25) is 0 Å². The van der Waals surface area contributed by atoms with Crippen LogP contribution in [0.3, 0.4) is 0 Å². The summed E-state index contributed by atoms with van der Waals surface area (Å²) in [4.78, 5) is 8.01. The van der Waals surface area contributed by atoms with Gasteiger partial charge in [0.25, 0.3) is 0 Å². The monoisotopic (exact) mass is 698 g/mol. The maximum atomic E-state index is 9.35. The van der Waals surface area contributed by atoms with Gasteiger partial charge in [-0.1, -0.05) is 58.5 Å². The number of hydrogen-bond donors (Lipinski definition) is 2. The number of aliphatic hydroxyl groups excluding tert-OH is 1. The second-order valence-corrected chi connectivity index (χ2v) is 14.8. The summed E-state index contributed by atoms with van der Waals surface area (Å²) in [6.45, 7) is 24.9. The minimum atomic E-state index is 0.165. The molecule has 0 unspecified atom stereocenters. The van der Waals surface area contributed by atoms with Gasteiger partial charge in [-0.25, -0.2) is 9.56 Å². The van der Waals surface area contributed by atoms with Gasteiger partial charge < -0.3 is 14.9 Å². The lowest BCUT2D eigenvalue weighted by Crippen LogP contribution is -2.69. The van der Waals surface area contributed by atoms with Crippen LogP contribution in [-0.2, 0) is 6.54 Å². The largest absolute Gasteiger partial charge is 0.395 e. The maximum absolute atomic E-state index is 9.35. The third-order valence-electron chi connectivity index (χ3n) is 8.74. The molecule has 3 aromatic rings. The van der Waals surface area contributed by atoms with Crippen LogP contribution in [-0.4, -0.2) is 62.2 Å². The number of hydrogen-bond acceptors (Lipinski definition) is 5. The Bertz CT molecular complexity index is 1600. The fraction of sp³-hybridized carbons (Fsp3) is 0.381. The van der Waals surface area contributed by atoms with Crippen LogP contribution in [0.15, 0.2) is 90.8 Å². The topological polar surface area (TPSA) is 44.6 Å². The Hall–Kier alpha value is -3.52. The van der Waals surface area contributed by atoms with Crippen LogP contribution in [0.4, 0.5) is 11.4 Å². The smallest absolute Gasteiger partial charge is 0.169 e. The fourth-order valence-corrected chi connectivity index (χ4v) is 7.58. The number of pyridine rings is 1. The average molecular weight is 699 g/mol. The number of aliphatic hydroxyl groups is 1. The summed E-state index contributed by atoms with van der Waals surface area (Å²) in [5.41, 5.74) is 12.3. The molecule has 0 saturated carbocycles. The van der Waals surface area contributed by atoms with E-state index in [4.69, 9.17) is 0 Å². The van der Waals surface area contributed by atoms with Crippen molar-refractivity contribution in [1.82, 2.24) is 0 Å². The van der Waals surface area contributed by atoms with E-state index >= 15 is 0 Å². The van der Waals surface area contributed by atoms with Gasteiger partial charge in [-0.15, -0.1) is 0 Å². The summed E-state index contributed by atoms with van der Waals surface area (Å²) in [5.74, 6) is 2.10. The Morgan fingerprint density at radius 1 is 0.837 bits per heavy atom. The zero-order chi connectivity index (χ0) is 35.6. The summed E-state index contributed by atoms with van der Waals surface area (Å²) in [6.07, 6.45) is 15.0. The molecule has 49 heavy (non-hydrogen) atoms. The van der Waals surface area contributed by atoms with Crippen LogP contribution < -0.4 is 19.4 Å². The Kier molecular flexibility index (Phi) is 17.5. The average Bonchev–Trinajstić information content (AvgIpc) is 3.10. The molecule has 0 aliphatic heterocycles. The number of allylic oxidation sites excluding steroid dienone is 5. The van der Waals surface area contributed by atoms with Gasteiger partial charge in [0, 0.05) is 55.8 Å². The van der Waals surface area contributed by atoms with E-state index in [1.54, 1.807) is 0 Å². The number of nitrogens with zero attached hydrogens (tertiary/aromatic N) is 3. The third kappa shape index (κ3) is 12.7. The quantitative estimate of drug-likeness (QED) is 0.0420. The van der Waals surface area contributed by atoms with Gasteiger partial charge in [-0.3, -0.25) is 0 Å². The Labute approximate surface area is 304 Å². The molecule has 3 rings (SSSR count). The zero-order valence-electron chi connectivity index (χ0n) is 30.8. The minimum Gasteiger partial charge on any atom is -0.395 e. The van der Waals surface area contributed by atoms with Crippen LogP contribution in [0.2, 0.25) is 0 Å². The van der Waals surface area contributed by atoms with E-state index in [1.165, 1.54) is 44.7 Å². The highest BCUT2D eigenvalue weighted by Crippen LogP contribution is 2.25. The Balaban J connectivity index is 1.42. The first-order valence-electron chi connectivity index (χ1n) is 17.6.